The maximum absolute atomic E-state index is 12.6. The lowest BCUT2D eigenvalue weighted by atomic mass is 10.1. The number of carboxylic acid groups (broad SMARTS) is 1. The fourth-order valence-corrected chi connectivity index (χ4v) is 4.29. The minimum Gasteiger partial charge on any atom is -0.478 e. The van der Waals surface area contributed by atoms with Crippen LogP contribution >= 0.6 is 0 Å². The van der Waals surface area contributed by atoms with Crippen LogP contribution in [0, 0.1) is 0 Å². The lowest BCUT2D eigenvalue weighted by Gasteiger charge is -2.16. The Balaban J connectivity index is 2.23. The van der Waals surface area contributed by atoms with Crippen LogP contribution in [0.25, 0.3) is 10.9 Å². The molecule has 2 N–H and O–H groups in total. The molecular formula is C13H14N2O4S. The summed E-state index contributed by atoms with van der Waals surface area (Å²) in [6, 6.07) is 4.34. The van der Waals surface area contributed by atoms with Crippen molar-refractivity contribution in [2.45, 2.75) is 17.7 Å². The van der Waals surface area contributed by atoms with E-state index in [2.05, 4.69) is 4.98 Å². The number of fused-ring (bicyclic) bond motifs is 1. The highest BCUT2D eigenvalue weighted by Crippen LogP contribution is 2.29. The first-order chi connectivity index (χ1) is 9.50. The summed E-state index contributed by atoms with van der Waals surface area (Å²) < 4.78 is 26.7. The van der Waals surface area contributed by atoms with Crippen LogP contribution in [-0.4, -0.2) is 41.9 Å². The smallest absolute Gasteiger partial charge is 0.335 e. The molecule has 0 saturated carbocycles. The first kappa shape index (κ1) is 13.1. The first-order valence-corrected chi connectivity index (χ1v) is 7.79. The van der Waals surface area contributed by atoms with Gasteiger partial charge in [0.25, 0.3) is 0 Å². The molecule has 0 spiro atoms. The van der Waals surface area contributed by atoms with Crippen LogP contribution in [0.3, 0.4) is 0 Å². The molecule has 0 amide bonds. The molecule has 2 aromatic rings. The Bertz CT molecular complexity index is 773. The summed E-state index contributed by atoms with van der Waals surface area (Å²) in [5, 5.41) is 9.64. The quantitative estimate of drug-likeness (QED) is 0.900. The number of nitrogens with zero attached hydrogens (tertiary/aromatic N) is 1. The summed E-state index contributed by atoms with van der Waals surface area (Å²) in [4.78, 5) is 14.1. The number of aromatic nitrogens is 1. The molecule has 1 aliphatic heterocycles. The number of H-pyrrole nitrogens is 1. The Hall–Kier alpha value is -1.86. The number of hydrogen-bond donors (Lipinski definition) is 2. The average Bonchev–Trinajstić information content (AvgIpc) is 3.08. The molecule has 0 aliphatic carbocycles. The van der Waals surface area contributed by atoms with Gasteiger partial charge in [-0.3, -0.25) is 0 Å². The molecule has 0 radical (unpaired) electrons. The molecule has 0 atom stereocenters. The van der Waals surface area contributed by atoms with E-state index in [1.165, 1.54) is 16.4 Å². The van der Waals surface area contributed by atoms with Crippen molar-refractivity contribution in [2.75, 3.05) is 13.1 Å². The Kier molecular flexibility index (Phi) is 3.02. The SMILES string of the molecule is O=C(O)c1cc(S(=O)(=O)N2CCCC2)c2cc[nH]c2c1. The van der Waals surface area contributed by atoms with Crippen LogP contribution in [0.5, 0.6) is 0 Å². The van der Waals surface area contributed by atoms with Crippen molar-refractivity contribution in [1.82, 2.24) is 9.29 Å². The van der Waals surface area contributed by atoms with E-state index in [1.807, 2.05) is 0 Å². The molecule has 6 nitrogen and oxygen atoms in total. The summed E-state index contributed by atoms with van der Waals surface area (Å²) in [5.74, 6) is -1.14. The van der Waals surface area contributed by atoms with E-state index in [4.69, 9.17) is 5.11 Å². The highest BCUT2D eigenvalue weighted by Gasteiger charge is 2.29. The molecule has 2 heterocycles. The molecule has 20 heavy (non-hydrogen) atoms. The van der Waals surface area contributed by atoms with Crippen LogP contribution in [0.2, 0.25) is 0 Å². The van der Waals surface area contributed by atoms with Crippen LogP contribution in [-0.2, 0) is 10.0 Å². The van der Waals surface area contributed by atoms with Gasteiger partial charge in [0.1, 0.15) is 0 Å². The standard InChI is InChI=1S/C13H14N2O4S/c16-13(17)9-7-11-10(3-4-14-11)12(8-9)20(18,19)15-5-1-2-6-15/h3-4,7-8,14H,1-2,5-6H2,(H,16,17). The maximum Gasteiger partial charge on any atom is 0.335 e. The third-order valence-corrected chi connectivity index (χ3v) is 5.50. The number of carbonyl (C=O) groups is 1. The van der Waals surface area contributed by atoms with E-state index < -0.39 is 16.0 Å². The van der Waals surface area contributed by atoms with Gasteiger partial charge >= 0.3 is 5.97 Å². The molecule has 106 valence electrons. The molecule has 1 aliphatic rings. The highest BCUT2D eigenvalue weighted by atomic mass is 32.2. The molecule has 1 fully saturated rings. The first-order valence-electron chi connectivity index (χ1n) is 6.35. The van der Waals surface area contributed by atoms with E-state index in [1.54, 1.807) is 12.3 Å². The Morgan fingerprint density at radius 2 is 1.95 bits per heavy atom. The molecule has 0 bridgehead atoms. The second kappa shape index (κ2) is 4.60. The number of rotatable bonds is 3. The number of nitrogens with one attached hydrogen (secondary N) is 1. The largest absolute Gasteiger partial charge is 0.478 e. The van der Waals surface area contributed by atoms with Crippen LogP contribution in [0.15, 0.2) is 29.3 Å². The van der Waals surface area contributed by atoms with Crippen molar-refractivity contribution in [2.24, 2.45) is 0 Å². The third kappa shape index (κ3) is 1.99. The third-order valence-electron chi connectivity index (χ3n) is 3.56. The van der Waals surface area contributed by atoms with Crippen molar-refractivity contribution >= 4 is 26.9 Å². The van der Waals surface area contributed by atoms with E-state index in [9.17, 15) is 13.2 Å². The maximum atomic E-state index is 12.6. The summed E-state index contributed by atoms with van der Waals surface area (Å²) in [7, 11) is -3.64. The average molecular weight is 294 g/mol. The number of carboxylic acids is 1. The normalized spacial score (nSPS) is 16.8. The Morgan fingerprint density at radius 3 is 2.60 bits per heavy atom. The molecule has 1 saturated heterocycles. The van der Waals surface area contributed by atoms with E-state index >= 15 is 0 Å². The van der Waals surface area contributed by atoms with Gasteiger partial charge in [0.15, 0.2) is 0 Å². The zero-order chi connectivity index (χ0) is 14.3. The van der Waals surface area contributed by atoms with Gasteiger partial charge in [-0.1, -0.05) is 0 Å². The van der Waals surface area contributed by atoms with Gasteiger partial charge in [0.05, 0.1) is 10.5 Å². The predicted octanol–water partition coefficient (Wildman–Crippen LogP) is 1.65. The number of sulfonamides is 1. The molecule has 1 aromatic heterocycles. The summed E-state index contributed by atoms with van der Waals surface area (Å²) in [6.45, 7) is 0.983. The summed E-state index contributed by atoms with van der Waals surface area (Å²) in [5.41, 5.74) is 0.486. The highest BCUT2D eigenvalue weighted by molar-refractivity contribution is 7.89. The van der Waals surface area contributed by atoms with Gasteiger partial charge in [-0.15, -0.1) is 0 Å². The number of aromatic carboxylic acids is 1. The lowest BCUT2D eigenvalue weighted by molar-refractivity contribution is 0.0697. The zero-order valence-electron chi connectivity index (χ0n) is 10.7. The van der Waals surface area contributed by atoms with Crippen molar-refractivity contribution in [3.8, 4) is 0 Å². The minimum absolute atomic E-state index is 0.0299. The number of aromatic amines is 1. The van der Waals surface area contributed by atoms with Gasteiger partial charge in [0, 0.05) is 30.2 Å². The van der Waals surface area contributed by atoms with Crippen LogP contribution in [0.1, 0.15) is 23.2 Å². The fourth-order valence-electron chi connectivity index (χ4n) is 2.54. The zero-order valence-corrected chi connectivity index (χ0v) is 11.5. The second-order valence-corrected chi connectivity index (χ2v) is 6.74. The van der Waals surface area contributed by atoms with E-state index in [0.29, 0.717) is 24.0 Å². The fraction of sp³-hybridized carbons (Fsp3) is 0.308. The molecule has 1 aromatic carbocycles. The molecule has 0 unspecified atom stereocenters. The Morgan fingerprint density at radius 1 is 1.25 bits per heavy atom. The topological polar surface area (TPSA) is 90.5 Å². The van der Waals surface area contributed by atoms with Gasteiger partial charge in [-0.2, -0.15) is 4.31 Å². The Labute approximate surface area is 116 Å². The molecule has 3 rings (SSSR count). The number of benzene rings is 1. The van der Waals surface area contributed by atoms with Crippen molar-refractivity contribution in [3.05, 3.63) is 30.0 Å². The van der Waals surface area contributed by atoms with Gasteiger partial charge in [0.2, 0.25) is 10.0 Å². The van der Waals surface area contributed by atoms with Gasteiger partial charge in [-0.25, -0.2) is 13.2 Å². The predicted molar refractivity (Wildman–Crippen MR) is 73.3 cm³/mol. The van der Waals surface area contributed by atoms with E-state index in [0.717, 1.165) is 12.8 Å². The van der Waals surface area contributed by atoms with E-state index in [-0.39, 0.29) is 10.5 Å². The minimum atomic E-state index is -3.64. The lowest BCUT2D eigenvalue weighted by Crippen LogP contribution is -2.28. The number of hydrogen-bond acceptors (Lipinski definition) is 3. The molecule has 7 heteroatoms. The van der Waals surface area contributed by atoms with Crippen LogP contribution in [0.4, 0.5) is 0 Å². The molecular weight excluding hydrogens is 280 g/mol. The van der Waals surface area contributed by atoms with Crippen molar-refractivity contribution in [1.29, 1.82) is 0 Å². The van der Waals surface area contributed by atoms with Gasteiger partial charge < -0.3 is 10.1 Å². The summed E-state index contributed by atoms with van der Waals surface area (Å²) in [6.07, 6.45) is 3.29. The van der Waals surface area contributed by atoms with Gasteiger partial charge in [-0.05, 0) is 31.0 Å². The second-order valence-electron chi connectivity index (χ2n) is 4.83. The monoisotopic (exact) mass is 294 g/mol. The van der Waals surface area contributed by atoms with Crippen molar-refractivity contribution in [3.63, 3.8) is 0 Å². The summed E-state index contributed by atoms with van der Waals surface area (Å²) >= 11 is 0. The van der Waals surface area contributed by atoms with Crippen molar-refractivity contribution < 1.29 is 18.3 Å². The van der Waals surface area contributed by atoms with Crippen LogP contribution < -0.4 is 0 Å².